The molecule has 1 aromatic rings. The normalized spacial score (nSPS) is 21.2. The zero-order chi connectivity index (χ0) is 26.3. The Hall–Kier alpha value is -1.72. The fourth-order valence-corrected chi connectivity index (χ4v) is 6.88. The van der Waals surface area contributed by atoms with Crippen molar-refractivity contribution in [3.8, 4) is 5.75 Å². The number of benzene rings is 1. The van der Waals surface area contributed by atoms with E-state index in [1.807, 2.05) is 7.05 Å². The first-order valence-corrected chi connectivity index (χ1v) is 14.3. The highest BCUT2D eigenvalue weighted by atomic mass is 32.2. The predicted octanol–water partition coefficient (Wildman–Crippen LogP) is 2.16. The smallest absolute Gasteiger partial charge is 0.248 e. The maximum Gasteiger partial charge on any atom is 0.248 e. The lowest BCUT2D eigenvalue weighted by molar-refractivity contribution is -0.135. The number of methoxy groups -OCH3 is 1. The van der Waals surface area contributed by atoms with Gasteiger partial charge in [-0.2, -0.15) is 4.31 Å². The average Bonchev–Trinajstić information content (AvgIpc) is 3.27. The number of hydrogen-bond donors (Lipinski definition) is 0. The molecule has 1 saturated heterocycles. The summed E-state index contributed by atoms with van der Waals surface area (Å²) in [4.78, 5) is 17.1. The van der Waals surface area contributed by atoms with Gasteiger partial charge >= 0.3 is 0 Å². The van der Waals surface area contributed by atoms with Gasteiger partial charge in [0, 0.05) is 46.8 Å². The van der Waals surface area contributed by atoms with Crippen LogP contribution in [0.25, 0.3) is 0 Å². The van der Waals surface area contributed by atoms with Crippen molar-refractivity contribution < 1.29 is 27.4 Å². The number of hydrogen-bond acceptors (Lipinski definition) is 7. The van der Waals surface area contributed by atoms with Crippen molar-refractivity contribution in [2.45, 2.75) is 38.0 Å². The van der Waals surface area contributed by atoms with Crippen molar-refractivity contribution in [3.05, 3.63) is 23.3 Å². The maximum atomic E-state index is 13.1. The fourth-order valence-electron chi connectivity index (χ4n) is 5.32. The lowest BCUT2D eigenvalue weighted by Gasteiger charge is -2.29. The third-order valence-electron chi connectivity index (χ3n) is 7.34. The van der Waals surface area contributed by atoms with Crippen LogP contribution in [0.1, 0.15) is 30.4 Å². The first-order valence-electron chi connectivity index (χ1n) is 12.8. The van der Waals surface area contributed by atoms with E-state index >= 15 is 0 Å². The first kappa shape index (κ1) is 28.8. The molecule has 0 N–H and O–H groups in total. The third kappa shape index (κ3) is 7.64. The van der Waals surface area contributed by atoms with Crippen LogP contribution >= 0.6 is 0 Å². The molecule has 2 atom stereocenters. The maximum absolute atomic E-state index is 13.1. The van der Waals surface area contributed by atoms with Crippen molar-refractivity contribution in [3.63, 3.8) is 0 Å². The van der Waals surface area contributed by atoms with Gasteiger partial charge in [-0.1, -0.05) is 0 Å². The number of rotatable bonds is 12. The number of amides is 1. The van der Waals surface area contributed by atoms with E-state index in [-0.39, 0.29) is 30.6 Å². The van der Waals surface area contributed by atoms with E-state index in [1.54, 1.807) is 38.0 Å². The van der Waals surface area contributed by atoms with Crippen LogP contribution in [0.5, 0.6) is 5.75 Å². The summed E-state index contributed by atoms with van der Waals surface area (Å²) in [5.41, 5.74) is 1.27. The first-order chi connectivity index (χ1) is 17.1. The van der Waals surface area contributed by atoms with E-state index in [4.69, 9.17) is 14.2 Å². The largest absolute Gasteiger partial charge is 0.497 e. The monoisotopic (exact) mass is 525 g/mol. The molecule has 9 nitrogen and oxygen atoms in total. The van der Waals surface area contributed by atoms with Gasteiger partial charge in [-0.25, -0.2) is 8.42 Å². The van der Waals surface area contributed by atoms with E-state index in [1.165, 1.54) is 17.8 Å². The molecule has 1 amide bonds. The van der Waals surface area contributed by atoms with Crippen LogP contribution in [0, 0.1) is 25.7 Å². The summed E-state index contributed by atoms with van der Waals surface area (Å²) < 4.78 is 43.7. The average molecular weight is 526 g/mol. The number of ether oxygens (including phenoxy) is 3. The van der Waals surface area contributed by atoms with Crippen LogP contribution < -0.4 is 4.74 Å². The third-order valence-corrected chi connectivity index (χ3v) is 9.50. The number of carbonyl (C=O) groups is 1. The number of nitrogens with zero attached hydrogens (tertiary/aromatic N) is 3. The summed E-state index contributed by atoms with van der Waals surface area (Å²) in [7, 11) is 1.23. The minimum atomic E-state index is -3.68. The Morgan fingerprint density at radius 1 is 1.11 bits per heavy atom. The van der Waals surface area contributed by atoms with Crippen LogP contribution in [-0.2, 0) is 24.3 Å². The van der Waals surface area contributed by atoms with E-state index in [0.717, 1.165) is 52.2 Å². The minimum absolute atomic E-state index is 0.0467. The standard InChI is InChI=1S/C26H43N3O6S/c1-20-14-24(33-5)15-21(2)26(20)36(31,32)28(4)8-11-35-19-25(30)27(3)17-22-6-7-23(16-22)18-29-9-12-34-13-10-29/h14-15,22-23H,6-13,16-19H2,1-5H3. The molecule has 36 heavy (non-hydrogen) atoms. The Bertz CT molecular complexity index is 957. The van der Waals surface area contributed by atoms with Gasteiger partial charge in [-0.15, -0.1) is 0 Å². The van der Waals surface area contributed by atoms with Gasteiger partial charge in [-0.3, -0.25) is 9.69 Å². The van der Waals surface area contributed by atoms with Crippen molar-refractivity contribution >= 4 is 15.9 Å². The molecule has 1 saturated carbocycles. The highest BCUT2D eigenvalue weighted by molar-refractivity contribution is 7.89. The second kappa shape index (κ2) is 13.2. The molecule has 0 radical (unpaired) electrons. The molecule has 2 unspecified atom stereocenters. The summed E-state index contributed by atoms with van der Waals surface area (Å²) in [5.74, 6) is 1.78. The van der Waals surface area contributed by atoms with Crippen molar-refractivity contribution in [1.82, 2.24) is 14.1 Å². The molecule has 2 fully saturated rings. The molecular formula is C26H43N3O6S. The summed E-state index contributed by atoms with van der Waals surface area (Å²) in [5, 5.41) is 0. The van der Waals surface area contributed by atoms with Gasteiger partial charge in [0.05, 0.1) is 31.8 Å². The van der Waals surface area contributed by atoms with Crippen LogP contribution in [0.4, 0.5) is 0 Å². The van der Waals surface area contributed by atoms with Crippen molar-refractivity contribution in [1.29, 1.82) is 0 Å². The second-order valence-corrected chi connectivity index (χ2v) is 12.2. The number of sulfonamides is 1. The van der Waals surface area contributed by atoms with E-state index in [9.17, 15) is 13.2 Å². The van der Waals surface area contributed by atoms with Crippen LogP contribution in [0.2, 0.25) is 0 Å². The summed E-state index contributed by atoms with van der Waals surface area (Å²) in [6.45, 7) is 9.36. The fraction of sp³-hybridized carbons (Fsp3) is 0.731. The Balaban J connectivity index is 1.38. The molecule has 0 spiro atoms. The van der Waals surface area contributed by atoms with Gasteiger partial charge in [0.2, 0.25) is 15.9 Å². The number of aryl methyl sites for hydroxylation is 2. The molecule has 2 aliphatic rings. The topological polar surface area (TPSA) is 88.6 Å². The molecule has 1 heterocycles. The van der Waals surface area contributed by atoms with Gasteiger partial charge in [0.1, 0.15) is 12.4 Å². The Kier molecular flexibility index (Phi) is 10.6. The van der Waals surface area contributed by atoms with Gasteiger partial charge < -0.3 is 19.1 Å². The molecule has 0 aromatic heterocycles. The molecule has 1 aromatic carbocycles. The van der Waals surface area contributed by atoms with Crippen LogP contribution in [0.15, 0.2) is 17.0 Å². The van der Waals surface area contributed by atoms with E-state index in [2.05, 4.69) is 4.90 Å². The predicted molar refractivity (Wildman–Crippen MR) is 139 cm³/mol. The van der Waals surface area contributed by atoms with Crippen molar-refractivity contribution in [2.24, 2.45) is 11.8 Å². The molecule has 1 aliphatic heterocycles. The Morgan fingerprint density at radius 3 is 2.39 bits per heavy atom. The van der Waals surface area contributed by atoms with Gasteiger partial charge in [0.25, 0.3) is 0 Å². The van der Waals surface area contributed by atoms with E-state index in [0.29, 0.717) is 28.7 Å². The molecular weight excluding hydrogens is 482 g/mol. The van der Waals surface area contributed by atoms with Gasteiger partial charge in [-0.05, 0) is 68.2 Å². The minimum Gasteiger partial charge on any atom is -0.497 e. The SMILES string of the molecule is COc1cc(C)c(S(=O)(=O)N(C)CCOCC(=O)N(C)CC2CCC(CN3CCOCC3)C2)c(C)c1. The lowest BCUT2D eigenvalue weighted by atomic mass is 10.0. The van der Waals surface area contributed by atoms with Crippen LogP contribution in [0.3, 0.4) is 0 Å². The summed E-state index contributed by atoms with van der Waals surface area (Å²) in [6.07, 6.45) is 3.53. The number of morpholine rings is 1. The zero-order valence-electron chi connectivity index (χ0n) is 22.5. The summed E-state index contributed by atoms with van der Waals surface area (Å²) >= 11 is 0. The quantitative estimate of drug-likeness (QED) is 0.387. The zero-order valence-corrected chi connectivity index (χ0v) is 23.3. The highest BCUT2D eigenvalue weighted by Gasteiger charge is 2.29. The molecule has 204 valence electrons. The highest BCUT2D eigenvalue weighted by Crippen LogP contribution is 2.32. The van der Waals surface area contributed by atoms with Gasteiger partial charge in [0.15, 0.2) is 0 Å². The van der Waals surface area contributed by atoms with Crippen molar-refractivity contribution in [2.75, 3.05) is 80.4 Å². The second-order valence-electron chi connectivity index (χ2n) is 10.2. The molecule has 0 bridgehead atoms. The Labute approximate surface area is 216 Å². The molecule has 1 aliphatic carbocycles. The Morgan fingerprint density at radius 2 is 1.75 bits per heavy atom. The molecule has 10 heteroatoms. The lowest BCUT2D eigenvalue weighted by Crippen LogP contribution is -2.39. The van der Waals surface area contributed by atoms with E-state index < -0.39 is 10.0 Å². The molecule has 3 rings (SSSR count). The summed E-state index contributed by atoms with van der Waals surface area (Å²) in [6, 6.07) is 3.43. The number of carbonyl (C=O) groups excluding carboxylic acids is 1. The number of likely N-dealkylation sites (N-methyl/N-ethyl adjacent to an activating group) is 2. The van der Waals surface area contributed by atoms with Crippen LogP contribution in [-0.4, -0.2) is 109 Å².